The Hall–Kier alpha value is -3.10. The molecule has 0 aromatic rings. The SMILES string of the molecule is CC/C=C\C/C=C\C/C=C\C/C=C\C/C=C\C/C=C\C/C=C\C/C=C\CCCCC(=O)NC(COP(=O)([O-])OCC[N+](C)(C)C)C(O)/C=C/CC/C=C/CCCCCCCCCCCCCCCCCCC. The first-order valence-corrected chi connectivity index (χ1v) is 30.4. The van der Waals surface area contributed by atoms with Gasteiger partial charge in [-0.15, -0.1) is 0 Å². The molecule has 0 aromatic heterocycles. The Labute approximate surface area is 444 Å². The minimum Gasteiger partial charge on any atom is -0.756 e. The van der Waals surface area contributed by atoms with E-state index in [9.17, 15) is 19.4 Å². The summed E-state index contributed by atoms with van der Waals surface area (Å²) in [6, 6.07) is -0.937. The van der Waals surface area contributed by atoms with E-state index in [1.165, 1.54) is 109 Å². The Morgan fingerprint density at radius 1 is 0.500 bits per heavy atom. The average Bonchev–Trinajstić information content (AvgIpc) is 3.34. The number of nitrogens with zero attached hydrogens (tertiary/aromatic N) is 1. The number of rotatable bonds is 51. The van der Waals surface area contributed by atoms with E-state index in [0.29, 0.717) is 17.4 Å². The molecule has 9 heteroatoms. The molecule has 3 atom stereocenters. The van der Waals surface area contributed by atoms with Crippen molar-refractivity contribution in [3.05, 3.63) is 122 Å². The number of likely N-dealkylation sites (N-methyl/N-ethyl adjacent to an activating group) is 1. The highest BCUT2D eigenvalue weighted by atomic mass is 31.2. The van der Waals surface area contributed by atoms with Gasteiger partial charge in [-0.2, -0.15) is 0 Å². The molecule has 0 aliphatic rings. The van der Waals surface area contributed by atoms with Crippen LogP contribution in [0.5, 0.6) is 0 Å². The Morgan fingerprint density at radius 2 is 0.861 bits per heavy atom. The van der Waals surface area contributed by atoms with Crippen LogP contribution in [0.15, 0.2) is 122 Å². The summed E-state index contributed by atoms with van der Waals surface area (Å²) in [6.07, 6.45) is 78.5. The highest BCUT2D eigenvalue weighted by Gasteiger charge is 2.23. The van der Waals surface area contributed by atoms with Crippen molar-refractivity contribution < 1.29 is 32.9 Å². The molecule has 8 nitrogen and oxygen atoms in total. The van der Waals surface area contributed by atoms with Crippen LogP contribution in [0.1, 0.15) is 219 Å². The van der Waals surface area contributed by atoms with Crippen LogP contribution in [0.4, 0.5) is 0 Å². The van der Waals surface area contributed by atoms with E-state index in [1.807, 2.05) is 27.2 Å². The standard InChI is InChI=1S/C63H109N2O6P/c1-6-8-10-12-14-16-18-20-22-24-26-28-30-31-32-33-35-37-39-41-43-45-47-49-51-53-55-57-63(67)64-61(60-71-72(68,69)70-59-58-65(3,4)5)62(66)56-54-52-50-48-46-44-42-40-38-36-34-29-27-25-23-21-19-17-15-13-11-9-7-2/h8,10,14,16,20,22,26,28,31-32,35,37,41,43,46-49,54,56,61-62,66H,6-7,9,11-13,15,17-19,21,23-25,27,29-30,33-34,36,38-40,42,44-45,50-53,55,57-60H2,1-5H3,(H-,64,67,68,69)/b10-8-,16-14-,22-20-,28-26-,32-31-,37-35-,43-41-,48-46+,49-47-,56-54+. The number of hydrogen-bond acceptors (Lipinski definition) is 6. The molecule has 72 heavy (non-hydrogen) atoms. The number of hydrogen-bond donors (Lipinski definition) is 2. The lowest BCUT2D eigenvalue weighted by Crippen LogP contribution is -2.45. The third kappa shape index (κ3) is 54.7. The molecule has 1 amide bonds. The van der Waals surface area contributed by atoms with Gasteiger partial charge in [-0.1, -0.05) is 238 Å². The van der Waals surface area contributed by atoms with E-state index >= 15 is 0 Å². The molecular weight excluding hydrogens is 912 g/mol. The lowest BCUT2D eigenvalue weighted by Gasteiger charge is -2.29. The molecular formula is C63H109N2O6P. The summed E-state index contributed by atoms with van der Waals surface area (Å²) in [5.41, 5.74) is 0. The lowest BCUT2D eigenvalue weighted by atomic mass is 10.0. The molecule has 0 saturated carbocycles. The third-order valence-electron chi connectivity index (χ3n) is 12.2. The third-order valence-corrected chi connectivity index (χ3v) is 13.1. The first-order chi connectivity index (χ1) is 35.0. The van der Waals surface area contributed by atoms with Crippen LogP contribution in [0.3, 0.4) is 0 Å². The van der Waals surface area contributed by atoms with Crippen LogP contribution in [0.2, 0.25) is 0 Å². The normalized spacial score (nSPS) is 14.8. The predicted molar refractivity (Wildman–Crippen MR) is 311 cm³/mol. The zero-order chi connectivity index (χ0) is 52.7. The number of nitrogens with one attached hydrogen (secondary N) is 1. The Balaban J connectivity index is 4.40. The van der Waals surface area contributed by atoms with Crippen molar-refractivity contribution in [2.75, 3.05) is 40.9 Å². The first-order valence-electron chi connectivity index (χ1n) is 28.9. The minimum atomic E-state index is -4.63. The summed E-state index contributed by atoms with van der Waals surface area (Å²) >= 11 is 0. The molecule has 0 radical (unpaired) electrons. The predicted octanol–water partition coefficient (Wildman–Crippen LogP) is 17.1. The number of carbonyl (C=O) groups excluding carboxylic acids is 1. The fourth-order valence-corrected chi connectivity index (χ4v) is 8.38. The van der Waals surface area contributed by atoms with E-state index < -0.39 is 26.6 Å². The molecule has 0 saturated heterocycles. The molecule has 0 heterocycles. The Kier molecular flexibility index (Phi) is 50.5. The number of allylic oxidation sites excluding steroid dienone is 19. The van der Waals surface area contributed by atoms with Gasteiger partial charge in [0.15, 0.2) is 0 Å². The number of unbranched alkanes of at least 4 members (excludes halogenated alkanes) is 20. The number of phosphoric ester groups is 1. The quantitative estimate of drug-likeness (QED) is 0.0272. The fourth-order valence-electron chi connectivity index (χ4n) is 7.65. The van der Waals surface area contributed by atoms with Crippen molar-refractivity contribution in [2.45, 2.75) is 231 Å². The molecule has 0 spiro atoms. The molecule has 2 N–H and O–H groups in total. The van der Waals surface area contributed by atoms with Gasteiger partial charge in [0.1, 0.15) is 13.2 Å². The topological polar surface area (TPSA) is 108 Å². The van der Waals surface area contributed by atoms with Crippen molar-refractivity contribution in [2.24, 2.45) is 0 Å². The van der Waals surface area contributed by atoms with Gasteiger partial charge in [0.05, 0.1) is 39.9 Å². The molecule has 412 valence electrons. The molecule has 0 aliphatic heterocycles. The van der Waals surface area contributed by atoms with Crippen molar-refractivity contribution in [3.63, 3.8) is 0 Å². The second-order valence-corrected chi connectivity index (χ2v) is 21.7. The number of carbonyl (C=O) groups is 1. The van der Waals surface area contributed by atoms with Crippen LogP contribution >= 0.6 is 7.82 Å². The molecule has 0 bridgehead atoms. The summed E-state index contributed by atoms with van der Waals surface area (Å²) in [6.45, 7) is 4.48. The summed E-state index contributed by atoms with van der Waals surface area (Å²) in [5, 5.41) is 13.8. The maximum atomic E-state index is 12.9. The largest absolute Gasteiger partial charge is 0.756 e. The van der Waals surface area contributed by atoms with Crippen molar-refractivity contribution >= 4 is 13.7 Å². The van der Waals surface area contributed by atoms with Gasteiger partial charge in [-0.05, 0) is 96.3 Å². The summed E-state index contributed by atoms with van der Waals surface area (Å²) in [4.78, 5) is 25.5. The zero-order valence-electron chi connectivity index (χ0n) is 46.8. The maximum Gasteiger partial charge on any atom is 0.268 e. The fraction of sp³-hybridized carbons (Fsp3) is 0.667. The van der Waals surface area contributed by atoms with Crippen LogP contribution < -0.4 is 10.2 Å². The zero-order valence-corrected chi connectivity index (χ0v) is 47.7. The lowest BCUT2D eigenvalue weighted by molar-refractivity contribution is -0.870. The number of aliphatic hydroxyl groups excluding tert-OH is 1. The second-order valence-electron chi connectivity index (χ2n) is 20.3. The maximum absolute atomic E-state index is 12.9. The molecule has 0 aromatic carbocycles. The van der Waals surface area contributed by atoms with E-state index in [2.05, 4.69) is 129 Å². The number of quaternary nitrogens is 1. The van der Waals surface area contributed by atoms with E-state index in [1.54, 1.807) is 6.08 Å². The van der Waals surface area contributed by atoms with E-state index in [4.69, 9.17) is 9.05 Å². The van der Waals surface area contributed by atoms with Gasteiger partial charge in [0.25, 0.3) is 7.82 Å². The van der Waals surface area contributed by atoms with Crippen molar-refractivity contribution in [1.29, 1.82) is 0 Å². The van der Waals surface area contributed by atoms with Crippen molar-refractivity contribution in [1.82, 2.24) is 5.32 Å². The van der Waals surface area contributed by atoms with Gasteiger partial charge in [0, 0.05) is 6.42 Å². The first kappa shape index (κ1) is 68.9. The van der Waals surface area contributed by atoms with Gasteiger partial charge >= 0.3 is 0 Å². The number of phosphoric acid groups is 1. The van der Waals surface area contributed by atoms with Gasteiger partial charge in [0.2, 0.25) is 5.91 Å². The highest BCUT2D eigenvalue weighted by molar-refractivity contribution is 7.45. The molecule has 0 aliphatic carbocycles. The average molecular weight is 1020 g/mol. The monoisotopic (exact) mass is 1020 g/mol. The summed E-state index contributed by atoms with van der Waals surface area (Å²) < 4.78 is 23.3. The number of amides is 1. The highest BCUT2D eigenvalue weighted by Crippen LogP contribution is 2.38. The Morgan fingerprint density at radius 3 is 1.29 bits per heavy atom. The Bertz CT molecular complexity index is 1580. The van der Waals surface area contributed by atoms with Gasteiger partial charge < -0.3 is 28.8 Å². The van der Waals surface area contributed by atoms with Crippen LogP contribution in [-0.2, 0) is 18.4 Å². The minimum absolute atomic E-state index is 0.0220. The van der Waals surface area contributed by atoms with E-state index in [-0.39, 0.29) is 18.9 Å². The summed E-state index contributed by atoms with van der Waals surface area (Å²) in [5.74, 6) is -0.253. The van der Waals surface area contributed by atoms with Crippen LogP contribution in [0.25, 0.3) is 0 Å². The van der Waals surface area contributed by atoms with E-state index in [0.717, 1.165) is 83.5 Å². The van der Waals surface area contributed by atoms with Crippen LogP contribution in [-0.4, -0.2) is 68.5 Å². The number of aliphatic hydroxyl groups is 1. The molecule has 3 unspecified atom stereocenters. The smallest absolute Gasteiger partial charge is 0.268 e. The van der Waals surface area contributed by atoms with Gasteiger partial charge in [-0.25, -0.2) is 0 Å². The molecule has 0 fully saturated rings. The van der Waals surface area contributed by atoms with Crippen LogP contribution in [0, 0.1) is 0 Å². The summed E-state index contributed by atoms with van der Waals surface area (Å²) in [7, 11) is 1.20. The van der Waals surface area contributed by atoms with Crippen molar-refractivity contribution in [3.8, 4) is 0 Å². The second kappa shape index (κ2) is 52.8. The van der Waals surface area contributed by atoms with Gasteiger partial charge in [-0.3, -0.25) is 9.36 Å². The molecule has 0 rings (SSSR count).